The van der Waals surface area contributed by atoms with E-state index in [4.69, 9.17) is 14.2 Å². The number of carbonyl (C=O) groups is 3. The minimum Gasteiger partial charge on any atom is -0.486 e. The van der Waals surface area contributed by atoms with Crippen LogP contribution in [0.2, 0.25) is 0 Å². The van der Waals surface area contributed by atoms with Crippen molar-refractivity contribution >= 4 is 17.5 Å². The molecule has 1 aliphatic rings. The lowest BCUT2D eigenvalue weighted by atomic mass is 10.0. The first-order valence-corrected chi connectivity index (χ1v) is 9.41. The van der Waals surface area contributed by atoms with E-state index in [1.54, 1.807) is 54.6 Å². The smallest absolute Gasteiger partial charge is 0.338 e. The summed E-state index contributed by atoms with van der Waals surface area (Å²) in [6.07, 6.45) is 0. The molecule has 6 heteroatoms. The van der Waals surface area contributed by atoms with Gasteiger partial charge in [0.25, 0.3) is 0 Å². The monoisotopic (exact) mass is 402 g/mol. The quantitative estimate of drug-likeness (QED) is 0.462. The molecular formula is C24H18O6. The molecule has 0 radical (unpaired) electrons. The Balaban J connectivity index is 1.37. The minimum absolute atomic E-state index is 0.135. The number of fused-ring (bicyclic) bond motifs is 1. The van der Waals surface area contributed by atoms with Crippen LogP contribution in [-0.2, 0) is 4.74 Å². The maximum absolute atomic E-state index is 12.4. The number of rotatable bonds is 6. The number of carbonyl (C=O) groups excluding carboxylic acids is 3. The highest BCUT2D eigenvalue weighted by molar-refractivity contribution is 6.09. The van der Waals surface area contributed by atoms with Gasteiger partial charge in [0, 0.05) is 16.7 Å². The van der Waals surface area contributed by atoms with Crippen molar-refractivity contribution in [1.82, 2.24) is 0 Å². The first kappa shape index (κ1) is 19.4. The molecular weight excluding hydrogens is 384 g/mol. The van der Waals surface area contributed by atoms with Crippen molar-refractivity contribution in [2.45, 2.75) is 0 Å². The van der Waals surface area contributed by atoms with E-state index in [1.807, 2.05) is 6.07 Å². The molecule has 0 N–H and O–H groups in total. The first-order valence-electron chi connectivity index (χ1n) is 9.41. The van der Waals surface area contributed by atoms with E-state index in [9.17, 15) is 14.4 Å². The summed E-state index contributed by atoms with van der Waals surface area (Å²) in [5, 5.41) is 0. The Hall–Kier alpha value is -3.93. The van der Waals surface area contributed by atoms with E-state index in [0.717, 1.165) is 0 Å². The van der Waals surface area contributed by atoms with Crippen LogP contribution in [0.3, 0.4) is 0 Å². The van der Waals surface area contributed by atoms with Gasteiger partial charge in [-0.2, -0.15) is 0 Å². The van der Waals surface area contributed by atoms with E-state index >= 15 is 0 Å². The molecule has 1 aliphatic heterocycles. The fourth-order valence-corrected chi connectivity index (χ4v) is 3.03. The van der Waals surface area contributed by atoms with Crippen LogP contribution in [0.25, 0.3) is 0 Å². The summed E-state index contributed by atoms with van der Waals surface area (Å²) in [7, 11) is 0. The topological polar surface area (TPSA) is 78.9 Å². The zero-order valence-corrected chi connectivity index (χ0v) is 16.0. The Labute approximate surface area is 173 Å². The Bertz CT molecular complexity index is 1090. The average molecular weight is 402 g/mol. The second kappa shape index (κ2) is 8.61. The highest BCUT2D eigenvalue weighted by atomic mass is 16.6. The fourth-order valence-electron chi connectivity index (χ4n) is 3.03. The molecule has 30 heavy (non-hydrogen) atoms. The standard InChI is InChI=1S/C24H18O6/c25-20(19-10-11-21-22(14-19)29-13-12-28-21)15-30-24(27)18-8-6-17(7-9-18)23(26)16-4-2-1-3-5-16/h1-11,14H,12-13,15H2. The Kier molecular flexibility index (Phi) is 5.57. The molecule has 4 rings (SSSR count). The van der Waals surface area contributed by atoms with E-state index in [2.05, 4.69) is 0 Å². The lowest BCUT2D eigenvalue weighted by molar-refractivity contribution is 0.0474. The third-order valence-electron chi connectivity index (χ3n) is 4.62. The predicted octanol–water partition coefficient (Wildman–Crippen LogP) is 3.73. The molecule has 0 unspecified atom stereocenters. The maximum atomic E-state index is 12.4. The lowest BCUT2D eigenvalue weighted by Gasteiger charge is -2.18. The highest BCUT2D eigenvalue weighted by Crippen LogP contribution is 2.30. The summed E-state index contributed by atoms with van der Waals surface area (Å²) < 4.78 is 16.0. The van der Waals surface area contributed by atoms with Crippen LogP contribution < -0.4 is 9.47 Å². The van der Waals surface area contributed by atoms with Crippen molar-refractivity contribution in [3.8, 4) is 11.5 Å². The second-order valence-electron chi connectivity index (χ2n) is 6.63. The highest BCUT2D eigenvalue weighted by Gasteiger charge is 2.17. The molecule has 150 valence electrons. The minimum atomic E-state index is -0.639. The zero-order valence-electron chi connectivity index (χ0n) is 16.0. The number of hydrogen-bond acceptors (Lipinski definition) is 6. The van der Waals surface area contributed by atoms with Crippen molar-refractivity contribution < 1.29 is 28.6 Å². The van der Waals surface area contributed by atoms with Crippen molar-refractivity contribution in [3.63, 3.8) is 0 Å². The molecule has 0 aliphatic carbocycles. The van der Waals surface area contributed by atoms with Crippen molar-refractivity contribution in [3.05, 3.63) is 95.1 Å². The second-order valence-corrected chi connectivity index (χ2v) is 6.63. The molecule has 1 heterocycles. The molecule has 0 saturated carbocycles. The van der Waals surface area contributed by atoms with Gasteiger partial charge >= 0.3 is 5.97 Å². The predicted molar refractivity (Wildman–Crippen MR) is 108 cm³/mol. The van der Waals surface area contributed by atoms with Gasteiger partial charge in [0.05, 0.1) is 5.56 Å². The van der Waals surface area contributed by atoms with Gasteiger partial charge in [0.2, 0.25) is 0 Å². The molecule has 0 aromatic heterocycles. The number of Topliss-reactive ketones (excluding diaryl/α,β-unsaturated/α-hetero) is 1. The van der Waals surface area contributed by atoms with E-state index < -0.39 is 12.6 Å². The molecule has 0 bridgehead atoms. The SMILES string of the molecule is O=C(COC(=O)c1ccc(C(=O)c2ccccc2)cc1)c1ccc2c(c1)OCCO2. The van der Waals surface area contributed by atoms with Crippen LogP contribution in [0.15, 0.2) is 72.8 Å². The van der Waals surface area contributed by atoms with Crippen LogP contribution in [0, 0.1) is 0 Å². The third-order valence-corrected chi connectivity index (χ3v) is 4.62. The summed E-state index contributed by atoms with van der Waals surface area (Å²) in [4.78, 5) is 37.0. The number of hydrogen-bond donors (Lipinski definition) is 0. The summed E-state index contributed by atoms with van der Waals surface area (Å²) in [6.45, 7) is 0.485. The number of ketones is 2. The molecule has 0 saturated heterocycles. The average Bonchev–Trinajstić information content (AvgIpc) is 2.82. The number of esters is 1. The van der Waals surface area contributed by atoms with Gasteiger partial charge in [-0.1, -0.05) is 42.5 Å². The van der Waals surface area contributed by atoms with Gasteiger partial charge in [-0.05, 0) is 30.3 Å². The molecule has 6 nitrogen and oxygen atoms in total. The van der Waals surface area contributed by atoms with Crippen LogP contribution in [0.4, 0.5) is 0 Å². The third kappa shape index (κ3) is 4.22. The van der Waals surface area contributed by atoms with Gasteiger partial charge in [-0.25, -0.2) is 4.79 Å². The zero-order chi connectivity index (χ0) is 20.9. The van der Waals surface area contributed by atoms with Gasteiger partial charge in [-0.15, -0.1) is 0 Å². The van der Waals surface area contributed by atoms with Crippen LogP contribution in [-0.4, -0.2) is 37.4 Å². The van der Waals surface area contributed by atoms with Crippen molar-refractivity contribution in [1.29, 1.82) is 0 Å². The Morgan fingerprint density at radius 1 is 0.700 bits per heavy atom. The van der Waals surface area contributed by atoms with Crippen LogP contribution >= 0.6 is 0 Å². The van der Waals surface area contributed by atoms with Gasteiger partial charge < -0.3 is 14.2 Å². The fraction of sp³-hybridized carbons (Fsp3) is 0.125. The molecule has 3 aromatic rings. The van der Waals surface area contributed by atoms with Gasteiger partial charge in [0.1, 0.15) is 13.2 Å². The lowest BCUT2D eigenvalue weighted by Crippen LogP contribution is -2.17. The van der Waals surface area contributed by atoms with E-state index in [0.29, 0.717) is 41.4 Å². The van der Waals surface area contributed by atoms with Crippen molar-refractivity contribution in [2.24, 2.45) is 0 Å². The molecule has 0 fully saturated rings. The summed E-state index contributed by atoms with van der Waals surface area (Å²) in [5.41, 5.74) is 1.66. The van der Waals surface area contributed by atoms with Crippen LogP contribution in [0.1, 0.15) is 36.6 Å². The van der Waals surface area contributed by atoms with Crippen LogP contribution in [0.5, 0.6) is 11.5 Å². The van der Waals surface area contributed by atoms with Gasteiger partial charge in [0.15, 0.2) is 29.7 Å². The van der Waals surface area contributed by atoms with E-state index in [1.165, 1.54) is 12.1 Å². The molecule has 0 atom stereocenters. The number of benzene rings is 3. The number of ether oxygens (including phenoxy) is 3. The normalized spacial score (nSPS) is 12.1. The first-order chi connectivity index (χ1) is 14.6. The molecule has 3 aromatic carbocycles. The summed E-state index contributed by atoms with van der Waals surface area (Å²) in [5.74, 6) is -0.0443. The summed E-state index contributed by atoms with van der Waals surface area (Å²) >= 11 is 0. The molecule has 0 spiro atoms. The largest absolute Gasteiger partial charge is 0.486 e. The Morgan fingerprint density at radius 3 is 2.03 bits per heavy atom. The van der Waals surface area contributed by atoms with E-state index in [-0.39, 0.29) is 17.1 Å². The van der Waals surface area contributed by atoms with Gasteiger partial charge in [-0.3, -0.25) is 9.59 Å². The summed E-state index contributed by atoms with van der Waals surface area (Å²) in [6, 6.07) is 19.9. The molecule has 0 amide bonds. The Morgan fingerprint density at radius 2 is 1.30 bits per heavy atom. The van der Waals surface area contributed by atoms with Crippen molar-refractivity contribution in [2.75, 3.05) is 19.8 Å². The maximum Gasteiger partial charge on any atom is 0.338 e.